The Labute approximate surface area is 149 Å². The molecule has 2 heterocycles. The summed E-state index contributed by atoms with van der Waals surface area (Å²) in [5, 5.41) is 2.92. The van der Waals surface area contributed by atoms with E-state index >= 15 is 0 Å². The van der Waals surface area contributed by atoms with Crippen molar-refractivity contribution in [2.45, 2.75) is 32.3 Å². The van der Waals surface area contributed by atoms with Crippen LogP contribution in [0.15, 0.2) is 40.9 Å². The molecule has 0 radical (unpaired) electrons. The lowest BCUT2D eigenvalue weighted by molar-refractivity contribution is -0.110. The van der Waals surface area contributed by atoms with Gasteiger partial charge in [0, 0.05) is 21.3 Å². The number of fused-ring (bicyclic) bond motifs is 2. The summed E-state index contributed by atoms with van der Waals surface area (Å²) in [6.45, 7) is 4.23. The zero-order chi connectivity index (χ0) is 16.9. The predicted molar refractivity (Wildman–Crippen MR) is 100 cm³/mol. The molecule has 0 unspecified atom stereocenters. The zero-order valence-electron chi connectivity index (χ0n) is 13.7. The van der Waals surface area contributed by atoms with Crippen molar-refractivity contribution in [3.05, 3.63) is 57.6 Å². The Morgan fingerprint density at radius 1 is 1.21 bits per heavy atom. The SMILES string of the molecule is CC1(C)CCc2cc(/C=C3/C(=O)Nc4ccc(Br)cc43)ccc2O1. The number of rotatable bonds is 1. The normalized spacial score (nSPS) is 19.5. The Hall–Kier alpha value is -2.07. The third-order valence-corrected chi connectivity index (χ3v) is 5.04. The summed E-state index contributed by atoms with van der Waals surface area (Å²) in [6.07, 6.45) is 3.94. The highest BCUT2D eigenvalue weighted by Crippen LogP contribution is 2.37. The number of hydrogen-bond acceptors (Lipinski definition) is 2. The van der Waals surface area contributed by atoms with Crippen LogP contribution < -0.4 is 10.1 Å². The van der Waals surface area contributed by atoms with Crippen LogP contribution in [0.2, 0.25) is 0 Å². The van der Waals surface area contributed by atoms with E-state index in [2.05, 4.69) is 41.2 Å². The van der Waals surface area contributed by atoms with Gasteiger partial charge in [-0.3, -0.25) is 4.79 Å². The summed E-state index contributed by atoms with van der Waals surface area (Å²) < 4.78 is 6.99. The fourth-order valence-electron chi connectivity index (χ4n) is 3.24. The number of carbonyl (C=O) groups excluding carboxylic acids is 1. The first-order valence-electron chi connectivity index (χ1n) is 8.06. The van der Waals surface area contributed by atoms with Gasteiger partial charge in [0.1, 0.15) is 11.4 Å². The standard InChI is InChI=1S/C20H18BrNO2/c1-20(2)8-7-13-9-12(3-6-18(13)24-20)10-16-15-11-14(21)4-5-17(15)22-19(16)23/h3-6,9-11H,7-8H2,1-2H3,(H,22,23)/b16-10+. The maximum absolute atomic E-state index is 12.3. The Morgan fingerprint density at radius 3 is 2.88 bits per heavy atom. The lowest BCUT2D eigenvalue weighted by atomic mass is 9.93. The molecule has 2 aromatic carbocycles. The van der Waals surface area contributed by atoms with Crippen molar-refractivity contribution >= 4 is 39.2 Å². The zero-order valence-corrected chi connectivity index (χ0v) is 15.2. The van der Waals surface area contributed by atoms with Gasteiger partial charge in [-0.1, -0.05) is 22.0 Å². The second kappa shape index (κ2) is 5.49. The first-order chi connectivity index (χ1) is 11.4. The number of hydrogen-bond donors (Lipinski definition) is 1. The van der Waals surface area contributed by atoms with Crippen LogP contribution in [0.1, 0.15) is 37.0 Å². The van der Waals surface area contributed by atoms with Gasteiger partial charge in [0.05, 0.1) is 0 Å². The second-order valence-electron chi connectivity index (χ2n) is 6.93. The quantitative estimate of drug-likeness (QED) is 0.700. The fourth-order valence-corrected chi connectivity index (χ4v) is 3.60. The van der Waals surface area contributed by atoms with E-state index in [4.69, 9.17) is 4.74 Å². The van der Waals surface area contributed by atoms with Crippen molar-refractivity contribution in [3.63, 3.8) is 0 Å². The summed E-state index contributed by atoms with van der Waals surface area (Å²) in [7, 11) is 0. The van der Waals surface area contributed by atoms with E-state index in [1.165, 1.54) is 5.56 Å². The Morgan fingerprint density at radius 2 is 2.04 bits per heavy atom. The van der Waals surface area contributed by atoms with Crippen molar-refractivity contribution in [1.82, 2.24) is 0 Å². The lowest BCUT2D eigenvalue weighted by Crippen LogP contribution is -2.32. The first-order valence-corrected chi connectivity index (χ1v) is 8.85. The minimum Gasteiger partial charge on any atom is -0.488 e. The number of anilines is 1. The van der Waals surface area contributed by atoms with Crippen LogP contribution in [0.25, 0.3) is 11.6 Å². The molecule has 0 fully saturated rings. The summed E-state index contributed by atoms with van der Waals surface area (Å²) in [5.41, 5.74) is 4.61. The summed E-state index contributed by atoms with van der Waals surface area (Å²) >= 11 is 3.47. The number of benzene rings is 2. The molecule has 0 atom stereocenters. The third-order valence-electron chi connectivity index (χ3n) is 4.54. The number of nitrogens with one attached hydrogen (secondary N) is 1. The van der Waals surface area contributed by atoms with E-state index in [0.29, 0.717) is 5.57 Å². The van der Waals surface area contributed by atoms with E-state index in [0.717, 1.165) is 39.9 Å². The molecular weight excluding hydrogens is 366 g/mol. The van der Waals surface area contributed by atoms with Gasteiger partial charge in [0.2, 0.25) is 0 Å². The van der Waals surface area contributed by atoms with Crippen LogP contribution in [0.5, 0.6) is 5.75 Å². The molecule has 4 rings (SSSR count). The van der Waals surface area contributed by atoms with Crippen LogP contribution in [-0.2, 0) is 11.2 Å². The number of aryl methyl sites for hydroxylation is 1. The molecule has 1 N–H and O–H groups in total. The van der Waals surface area contributed by atoms with Crippen LogP contribution in [-0.4, -0.2) is 11.5 Å². The molecule has 2 aliphatic heterocycles. The van der Waals surface area contributed by atoms with Crippen LogP contribution in [0, 0.1) is 0 Å². The number of ether oxygens (including phenoxy) is 1. The lowest BCUT2D eigenvalue weighted by Gasteiger charge is -2.32. The minimum absolute atomic E-state index is 0.0572. The van der Waals surface area contributed by atoms with E-state index < -0.39 is 0 Å². The molecule has 0 saturated heterocycles. The second-order valence-corrected chi connectivity index (χ2v) is 7.85. The summed E-state index contributed by atoms with van der Waals surface area (Å²) in [6, 6.07) is 12.0. The average Bonchev–Trinajstić information content (AvgIpc) is 2.82. The van der Waals surface area contributed by atoms with Crippen LogP contribution in [0.3, 0.4) is 0 Å². The molecular formula is C20H18BrNO2. The first kappa shape index (κ1) is 15.5. The summed E-state index contributed by atoms with van der Waals surface area (Å²) in [5.74, 6) is 0.894. The summed E-state index contributed by atoms with van der Waals surface area (Å²) in [4.78, 5) is 12.3. The topological polar surface area (TPSA) is 38.3 Å². The van der Waals surface area contributed by atoms with E-state index in [1.807, 2.05) is 36.4 Å². The van der Waals surface area contributed by atoms with Crippen molar-refractivity contribution in [2.75, 3.05) is 5.32 Å². The van der Waals surface area contributed by atoms with E-state index in [9.17, 15) is 4.79 Å². The Kier molecular flexibility index (Phi) is 3.53. The Balaban J connectivity index is 1.73. The van der Waals surface area contributed by atoms with E-state index in [1.54, 1.807) is 0 Å². The number of amides is 1. The van der Waals surface area contributed by atoms with Crippen molar-refractivity contribution in [3.8, 4) is 5.75 Å². The highest BCUT2D eigenvalue weighted by atomic mass is 79.9. The van der Waals surface area contributed by atoms with Crippen LogP contribution >= 0.6 is 15.9 Å². The van der Waals surface area contributed by atoms with Crippen molar-refractivity contribution in [2.24, 2.45) is 0 Å². The Bertz CT molecular complexity index is 883. The fraction of sp³-hybridized carbons (Fsp3) is 0.250. The molecule has 0 saturated carbocycles. The molecule has 24 heavy (non-hydrogen) atoms. The van der Waals surface area contributed by atoms with Gasteiger partial charge in [-0.25, -0.2) is 0 Å². The molecule has 122 valence electrons. The molecule has 0 bridgehead atoms. The van der Waals surface area contributed by atoms with Gasteiger partial charge >= 0.3 is 0 Å². The third kappa shape index (κ3) is 2.75. The predicted octanol–water partition coefficient (Wildman–Crippen LogP) is 5.05. The van der Waals surface area contributed by atoms with Gasteiger partial charge < -0.3 is 10.1 Å². The molecule has 0 aromatic heterocycles. The number of halogens is 1. The molecule has 2 aromatic rings. The smallest absolute Gasteiger partial charge is 0.256 e. The molecule has 0 spiro atoms. The van der Waals surface area contributed by atoms with E-state index in [-0.39, 0.29) is 11.5 Å². The molecule has 1 amide bonds. The van der Waals surface area contributed by atoms with Crippen molar-refractivity contribution in [1.29, 1.82) is 0 Å². The molecule has 0 aliphatic carbocycles. The van der Waals surface area contributed by atoms with Crippen molar-refractivity contribution < 1.29 is 9.53 Å². The molecule has 3 nitrogen and oxygen atoms in total. The van der Waals surface area contributed by atoms with Gasteiger partial charge in [0.25, 0.3) is 5.91 Å². The van der Waals surface area contributed by atoms with Gasteiger partial charge in [-0.15, -0.1) is 0 Å². The highest BCUT2D eigenvalue weighted by Gasteiger charge is 2.27. The molecule has 4 heteroatoms. The largest absolute Gasteiger partial charge is 0.488 e. The van der Waals surface area contributed by atoms with Gasteiger partial charge in [0.15, 0.2) is 0 Å². The van der Waals surface area contributed by atoms with Gasteiger partial charge in [-0.2, -0.15) is 0 Å². The highest BCUT2D eigenvalue weighted by molar-refractivity contribution is 9.10. The maximum Gasteiger partial charge on any atom is 0.256 e. The molecule has 2 aliphatic rings. The average molecular weight is 384 g/mol. The maximum atomic E-state index is 12.3. The minimum atomic E-state index is -0.108. The monoisotopic (exact) mass is 383 g/mol. The number of carbonyl (C=O) groups is 1. The van der Waals surface area contributed by atoms with Gasteiger partial charge in [-0.05, 0) is 74.2 Å². The van der Waals surface area contributed by atoms with Crippen LogP contribution in [0.4, 0.5) is 5.69 Å².